The standard InChI is InChI=1S/C24H26N4O4/c1-30-22-11-18-20(12-23(22)32-14-16(29)13-28-8-2-3-9-28)25-15-26-24(18)27-19-6-7-21-17(19)5-4-10-31-21/h4-7,10-12,15-16,29H,2-3,8-9,13-14H2,1H3,(H,25,26,27). The van der Waals surface area contributed by atoms with E-state index < -0.39 is 6.10 Å². The Morgan fingerprint density at radius 1 is 1.16 bits per heavy atom. The van der Waals surface area contributed by atoms with Gasteiger partial charge in [-0.3, -0.25) is 0 Å². The SMILES string of the molecule is COc1cc2c(Nc3ccc4occcc3-4)ncnc2cc1OCC(O)CN1CCCC1. The van der Waals surface area contributed by atoms with Crippen LogP contribution in [0, 0.1) is 0 Å². The van der Waals surface area contributed by atoms with E-state index in [1.54, 1.807) is 13.4 Å². The lowest BCUT2D eigenvalue weighted by molar-refractivity contribution is 0.0747. The maximum atomic E-state index is 10.4. The molecule has 166 valence electrons. The molecule has 0 spiro atoms. The Labute approximate surface area is 186 Å². The third-order valence-corrected chi connectivity index (χ3v) is 5.77. The molecule has 0 amide bonds. The van der Waals surface area contributed by atoms with Gasteiger partial charge in [0, 0.05) is 23.6 Å². The lowest BCUT2D eigenvalue weighted by atomic mass is 10.2. The number of methoxy groups -OCH3 is 1. The van der Waals surface area contributed by atoms with Crippen LogP contribution < -0.4 is 14.8 Å². The monoisotopic (exact) mass is 434 g/mol. The number of aliphatic hydroxyl groups excluding tert-OH is 1. The predicted octanol–water partition coefficient (Wildman–Crippen LogP) is 3.92. The summed E-state index contributed by atoms with van der Waals surface area (Å²) in [7, 11) is 1.60. The number of likely N-dealkylation sites (tertiary alicyclic amines) is 1. The van der Waals surface area contributed by atoms with Crippen molar-refractivity contribution in [3.8, 4) is 22.8 Å². The average molecular weight is 434 g/mol. The Kier molecular flexibility index (Phi) is 5.79. The summed E-state index contributed by atoms with van der Waals surface area (Å²) in [5.74, 6) is 2.56. The van der Waals surface area contributed by atoms with Gasteiger partial charge in [-0.15, -0.1) is 0 Å². The summed E-state index contributed by atoms with van der Waals surface area (Å²) in [6.45, 7) is 2.88. The van der Waals surface area contributed by atoms with Crippen molar-refractivity contribution < 1.29 is 19.0 Å². The molecule has 32 heavy (non-hydrogen) atoms. The lowest BCUT2D eigenvalue weighted by Crippen LogP contribution is -2.33. The van der Waals surface area contributed by atoms with Crippen LogP contribution in [0.4, 0.5) is 11.5 Å². The molecule has 1 saturated heterocycles. The van der Waals surface area contributed by atoms with Gasteiger partial charge < -0.3 is 29.2 Å². The summed E-state index contributed by atoms with van der Waals surface area (Å²) in [5, 5.41) is 14.6. The van der Waals surface area contributed by atoms with Gasteiger partial charge >= 0.3 is 0 Å². The minimum absolute atomic E-state index is 0.192. The fraction of sp³-hybridized carbons (Fsp3) is 0.333. The van der Waals surface area contributed by atoms with E-state index in [-0.39, 0.29) is 6.61 Å². The van der Waals surface area contributed by atoms with Crippen LogP contribution in [0.25, 0.3) is 22.2 Å². The predicted molar refractivity (Wildman–Crippen MR) is 122 cm³/mol. The summed E-state index contributed by atoms with van der Waals surface area (Å²) in [4.78, 5) is 11.1. The van der Waals surface area contributed by atoms with Gasteiger partial charge in [-0.2, -0.15) is 0 Å². The number of fused-ring (bicyclic) bond motifs is 2. The molecule has 2 aliphatic heterocycles. The summed E-state index contributed by atoms with van der Waals surface area (Å²) in [6.07, 6.45) is 4.99. The number of nitrogens with one attached hydrogen (secondary N) is 1. The highest BCUT2D eigenvalue weighted by Gasteiger charge is 2.18. The van der Waals surface area contributed by atoms with Crippen molar-refractivity contribution in [3.05, 3.63) is 49.0 Å². The van der Waals surface area contributed by atoms with Gasteiger partial charge in [0.05, 0.1) is 24.6 Å². The van der Waals surface area contributed by atoms with Crippen LogP contribution in [0.3, 0.4) is 0 Å². The molecule has 1 atom stereocenters. The summed E-state index contributed by atoms with van der Waals surface area (Å²) >= 11 is 0. The molecule has 1 aromatic carbocycles. The number of β-amino-alcohol motifs (C(OH)–C–C–N with tert-alkyl or cyclic N) is 1. The molecule has 2 N–H and O–H groups in total. The molecule has 5 rings (SSSR count). The van der Waals surface area contributed by atoms with E-state index in [1.165, 1.54) is 19.2 Å². The van der Waals surface area contributed by atoms with Crippen LogP contribution in [-0.2, 0) is 0 Å². The number of aliphatic hydroxyl groups is 1. The van der Waals surface area contributed by atoms with Crippen molar-refractivity contribution in [2.24, 2.45) is 0 Å². The third kappa shape index (κ3) is 4.19. The van der Waals surface area contributed by atoms with Crippen molar-refractivity contribution >= 4 is 22.4 Å². The third-order valence-electron chi connectivity index (χ3n) is 5.77. The van der Waals surface area contributed by atoms with Crippen LogP contribution in [-0.4, -0.2) is 59.4 Å². The maximum Gasteiger partial charge on any atom is 0.163 e. The molecule has 0 saturated carbocycles. The van der Waals surface area contributed by atoms with E-state index in [0.29, 0.717) is 29.4 Å². The highest BCUT2D eigenvalue weighted by Crippen LogP contribution is 2.37. The number of benzene rings is 1. The van der Waals surface area contributed by atoms with Gasteiger partial charge in [-0.1, -0.05) is 0 Å². The van der Waals surface area contributed by atoms with Crippen molar-refractivity contribution in [2.75, 3.05) is 38.7 Å². The topological polar surface area (TPSA) is 92.9 Å². The van der Waals surface area contributed by atoms with Gasteiger partial charge in [0.1, 0.15) is 30.6 Å². The Hall–Kier alpha value is -3.36. The van der Waals surface area contributed by atoms with E-state index >= 15 is 0 Å². The second kappa shape index (κ2) is 9.02. The first kappa shape index (κ1) is 20.5. The highest BCUT2D eigenvalue weighted by atomic mass is 16.5. The fourth-order valence-corrected chi connectivity index (χ4v) is 4.17. The summed E-state index contributed by atoms with van der Waals surface area (Å²) < 4.78 is 17.0. The fourth-order valence-electron chi connectivity index (χ4n) is 4.17. The molecule has 8 heteroatoms. The first-order valence-electron chi connectivity index (χ1n) is 10.8. The molecule has 8 nitrogen and oxygen atoms in total. The van der Waals surface area contributed by atoms with Crippen LogP contribution in [0.1, 0.15) is 12.8 Å². The highest BCUT2D eigenvalue weighted by molar-refractivity contribution is 5.94. The number of anilines is 2. The largest absolute Gasteiger partial charge is 0.493 e. The Bertz CT molecular complexity index is 1170. The molecule has 3 heterocycles. The van der Waals surface area contributed by atoms with Gasteiger partial charge in [0.2, 0.25) is 0 Å². The molecule has 1 aromatic heterocycles. The zero-order valence-corrected chi connectivity index (χ0v) is 18.0. The molecular formula is C24H26N4O4. The van der Waals surface area contributed by atoms with Crippen LogP contribution >= 0.6 is 0 Å². The Morgan fingerprint density at radius 2 is 2.03 bits per heavy atom. The van der Waals surface area contributed by atoms with Crippen molar-refractivity contribution in [3.63, 3.8) is 0 Å². The van der Waals surface area contributed by atoms with E-state index in [2.05, 4.69) is 20.2 Å². The van der Waals surface area contributed by atoms with E-state index in [1.807, 2.05) is 36.4 Å². The Balaban J connectivity index is 1.37. The minimum Gasteiger partial charge on any atom is -0.493 e. The normalized spacial score (nSPS) is 15.3. The second-order valence-electron chi connectivity index (χ2n) is 7.98. The number of rotatable bonds is 8. The number of ether oxygens (including phenoxy) is 2. The minimum atomic E-state index is -0.563. The van der Waals surface area contributed by atoms with Crippen LogP contribution in [0.15, 0.2) is 53.4 Å². The molecule has 1 fully saturated rings. The van der Waals surface area contributed by atoms with Gasteiger partial charge in [-0.05, 0) is 56.3 Å². The van der Waals surface area contributed by atoms with Gasteiger partial charge in [0.15, 0.2) is 11.5 Å². The van der Waals surface area contributed by atoms with Crippen LogP contribution in [0.2, 0.25) is 0 Å². The smallest absolute Gasteiger partial charge is 0.163 e. The van der Waals surface area contributed by atoms with Crippen molar-refractivity contribution in [2.45, 2.75) is 18.9 Å². The molecule has 0 radical (unpaired) electrons. The van der Waals surface area contributed by atoms with E-state index in [9.17, 15) is 5.11 Å². The molecule has 2 aromatic rings. The first-order valence-corrected chi connectivity index (χ1v) is 10.8. The average Bonchev–Trinajstić information content (AvgIpc) is 3.47. The zero-order chi connectivity index (χ0) is 21.9. The number of hydrogen-bond acceptors (Lipinski definition) is 8. The van der Waals surface area contributed by atoms with Crippen LogP contribution in [0.5, 0.6) is 11.5 Å². The summed E-state index contributed by atoms with van der Waals surface area (Å²) in [5.41, 5.74) is 2.58. The van der Waals surface area contributed by atoms with E-state index in [4.69, 9.17) is 13.9 Å². The summed E-state index contributed by atoms with van der Waals surface area (Å²) in [6, 6.07) is 11.4. The van der Waals surface area contributed by atoms with E-state index in [0.717, 1.165) is 35.5 Å². The molecule has 3 aliphatic rings. The molecule has 1 unspecified atom stereocenters. The quantitative estimate of drug-likeness (QED) is 0.431. The number of aromatic nitrogens is 2. The Morgan fingerprint density at radius 3 is 2.88 bits per heavy atom. The van der Waals surface area contributed by atoms with Crippen molar-refractivity contribution in [1.29, 1.82) is 0 Å². The van der Waals surface area contributed by atoms with Gasteiger partial charge in [-0.25, -0.2) is 9.97 Å². The lowest BCUT2D eigenvalue weighted by Gasteiger charge is -2.20. The zero-order valence-electron chi connectivity index (χ0n) is 18.0. The molecule has 1 aliphatic carbocycles. The second-order valence-corrected chi connectivity index (χ2v) is 7.98. The maximum absolute atomic E-state index is 10.4. The first-order chi connectivity index (χ1) is 15.7. The molecular weight excluding hydrogens is 408 g/mol. The number of nitrogens with zero attached hydrogens (tertiary/aromatic N) is 3. The molecule has 0 bridgehead atoms. The number of hydrogen-bond donors (Lipinski definition) is 2. The van der Waals surface area contributed by atoms with Gasteiger partial charge in [0.25, 0.3) is 0 Å². The van der Waals surface area contributed by atoms with Crippen molar-refractivity contribution in [1.82, 2.24) is 14.9 Å².